The van der Waals surface area contributed by atoms with Crippen molar-refractivity contribution in [1.82, 2.24) is 10.2 Å². The van der Waals surface area contributed by atoms with Crippen LogP contribution in [0.5, 0.6) is 0 Å². The van der Waals surface area contributed by atoms with Crippen molar-refractivity contribution in [2.75, 3.05) is 13.1 Å². The molecule has 2 unspecified atom stereocenters. The van der Waals surface area contributed by atoms with E-state index in [0.717, 1.165) is 32.2 Å². The van der Waals surface area contributed by atoms with Crippen LogP contribution in [-0.4, -0.2) is 35.8 Å². The molecule has 0 aromatic carbocycles. The maximum absolute atomic E-state index is 12.5. The van der Waals surface area contributed by atoms with Crippen molar-refractivity contribution >= 4 is 11.8 Å². The van der Waals surface area contributed by atoms with Gasteiger partial charge >= 0.3 is 0 Å². The Labute approximate surface area is 127 Å². The Morgan fingerprint density at radius 3 is 2.33 bits per heavy atom. The molecule has 2 amide bonds. The van der Waals surface area contributed by atoms with Crippen molar-refractivity contribution in [1.29, 1.82) is 0 Å². The van der Waals surface area contributed by atoms with Gasteiger partial charge in [0.1, 0.15) is 0 Å². The molecule has 0 aromatic heterocycles. The number of piperidine rings is 2. The molecule has 1 spiro atoms. The number of nitrogens with one attached hydrogen (secondary N) is 1. The van der Waals surface area contributed by atoms with Gasteiger partial charge in [-0.3, -0.25) is 14.5 Å². The highest BCUT2D eigenvalue weighted by Gasteiger charge is 2.44. The lowest BCUT2D eigenvalue weighted by Gasteiger charge is -2.43. The SMILES string of the molecule is CC1CCC(CN2C(=O)CC3(CCCCC3)CC2=O)CN1. The molecule has 2 saturated heterocycles. The molecule has 4 heteroatoms. The highest BCUT2D eigenvalue weighted by Crippen LogP contribution is 2.45. The Morgan fingerprint density at radius 2 is 1.76 bits per heavy atom. The minimum atomic E-state index is 0.0161. The van der Waals surface area contributed by atoms with Gasteiger partial charge in [0, 0.05) is 25.4 Å². The summed E-state index contributed by atoms with van der Waals surface area (Å²) in [5, 5.41) is 3.46. The minimum absolute atomic E-state index is 0.0161. The second-order valence-electron chi connectivity index (χ2n) is 7.56. The maximum Gasteiger partial charge on any atom is 0.229 e. The first-order valence-electron chi connectivity index (χ1n) is 8.65. The van der Waals surface area contributed by atoms with Crippen molar-refractivity contribution in [3.8, 4) is 0 Å². The van der Waals surface area contributed by atoms with E-state index >= 15 is 0 Å². The van der Waals surface area contributed by atoms with E-state index in [1.807, 2.05) is 0 Å². The van der Waals surface area contributed by atoms with Gasteiger partial charge in [-0.1, -0.05) is 19.3 Å². The number of amides is 2. The zero-order valence-electron chi connectivity index (χ0n) is 13.2. The van der Waals surface area contributed by atoms with Crippen LogP contribution in [0.25, 0.3) is 0 Å². The van der Waals surface area contributed by atoms with Gasteiger partial charge < -0.3 is 5.32 Å². The van der Waals surface area contributed by atoms with E-state index < -0.39 is 0 Å². The molecule has 0 bridgehead atoms. The minimum Gasteiger partial charge on any atom is -0.314 e. The van der Waals surface area contributed by atoms with Crippen LogP contribution in [0.3, 0.4) is 0 Å². The molecule has 21 heavy (non-hydrogen) atoms. The van der Waals surface area contributed by atoms with Gasteiger partial charge in [-0.25, -0.2) is 0 Å². The van der Waals surface area contributed by atoms with E-state index in [-0.39, 0.29) is 17.2 Å². The molecule has 3 rings (SSSR count). The number of hydrogen-bond donors (Lipinski definition) is 1. The molecule has 3 fully saturated rings. The lowest BCUT2D eigenvalue weighted by molar-refractivity contribution is -0.155. The third-order valence-electron chi connectivity index (χ3n) is 5.77. The molecule has 0 aromatic rings. The topological polar surface area (TPSA) is 49.4 Å². The highest BCUT2D eigenvalue weighted by atomic mass is 16.2. The van der Waals surface area contributed by atoms with Crippen LogP contribution in [0.15, 0.2) is 0 Å². The van der Waals surface area contributed by atoms with E-state index in [9.17, 15) is 9.59 Å². The van der Waals surface area contributed by atoms with Crippen LogP contribution >= 0.6 is 0 Å². The standard InChI is InChI=1S/C17H28N2O2/c1-13-5-6-14(11-18-13)12-19-15(20)9-17(10-16(19)21)7-3-2-4-8-17/h13-14,18H,2-12H2,1H3. The van der Waals surface area contributed by atoms with Crippen molar-refractivity contribution in [3.63, 3.8) is 0 Å². The van der Waals surface area contributed by atoms with Crippen LogP contribution in [-0.2, 0) is 9.59 Å². The van der Waals surface area contributed by atoms with E-state index in [1.54, 1.807) is 4.90 Å². The Balaban J connectivity index is 1.60. The average Bonchev–Trinajstić information content (AvgIpc) is 2.46. The van der Waals surface area contributed by atoms with Crippen LogP contribution in [0.2, 0.25) is 0 Å². The van der Waals surface area contributed by atoms with Crippen molar-refractivity contribution < 1.29 is 9.59 Å². The first kappa shape index (κ1) is 15.0. The monoisotopic (exact) mass is 292 g/mol. The quantitative estimate of drug-likeness (QED) is 0.795. The zero-order chi connectivity index (χ0) is 14.9. The zero-order valence-corrected chi connectivity index (χ0v) is 13.2. The first-order valence-corrected chi connectivity index (χ1v) is 8.65. The van der Waals surface area contributed by atoms with Gasteiger partial charge in [0.2, 0.25) is 11.8 Å². The summed E-state index contributed by atoms with van der Waals surface area (Å²) in [4.78, 5) is 26.6. The molecule has 1 saturated carbocycles. The van der Waals surface area contributed by atoms with Gasteiger partial charge in [0.25, 0.3) is 0 Å². The Bertz CT molecular complexity index is 387. The molecule has 4 nitrogen and oxygen atoms in total. The largest absolute Gasteiger partial charge is 0.314 e. The van der Waals surface area contributed by atoms with Gasteiger partial charge in [0.05, 0.1) is 0 Å². The van der Waals surface area contributed by atoms with Gasteiger partial charge in [0.15, 0.2) is 0 Å². The molecule has 1 N–H and O–H groups in total. The number of carbonyl (C=O) groups excluding carboxylic acids is 2. The predicted molar refractivity (Wildman–Crippen MR) is 81.7 cm³/mol. The molecule has 3 aliphatic rings. The van der Waals surface area contributed by atoms with Crippen molar-refractivity contribution in [2.24, 2.45) is 11.3 Å². The predicted octanol–water partition coefficient (Wildman–Crippen LogP) is 2.47. The molecule has 2 heterocycles. The highest BCUT2D eigenvalue weighted by molar-refractivity contribution is 5.98. The number of likely N-dealkylation sites (tertiary alicyclic amines) is 1. The van der Waals surface area contributed by atoms with Gasteiger partial charge in [-0.15, -0.1) is 0 Å². The number of imide groups is 1. The van der Waals surface area contributed by atoms with Crippen molar-refractivity contribution in [3.05, 3.63) is 0 Å². The number of carbonyl (C=O) groups is 2. The number of rotatable bonds is 2. The second-order valence-corrected chi connectivity index (χ2v) is 7.56. The average molecular weight is 292 g/mol. The van der Waals surface area contributed by atoms with Crippen molar-refractivity contribution in [2.45, 2.75) is 70.8 Å². The molecule has 1 aliphatic carbocycles. The van der Waals surface area contributed by atoms with E-state index in [1.165, 1.54) is 19.3 Å². The van der Waals surface area contributed by atoms with Gasteiger partial charge in [-0.05, 0) is 50.5 Å². The van der Waals surface area contributed by atoms with E-state index in [0.29, 0.717) is 31.3 Å². The summed E-state index contributed by atoms with van der Waals surface area (Å²) in [6.45, 7) is 3.76. The lowest BCUT2D eigenvalue weighted by atomic mass is 9.67. The normalized spacial score (nSPS) is 33.5. The Morgan fingerprint density at radius 1 is 1.10 bits per heavy atom. The summed E-state index contributed by atoms with van der Waals surface area (Å²) in [6, 6.07) is 0.569. The molecule has 118 valence electrons. The van der Waals surface area contributed by atoms with Crippen LogP contribution in [0.4, 0.5) is 0 Å². The third kappa shape index (κ3) is 3.31. The van der Waals surface area contributed by atoms with E-state index in [2.05, 4.69) is 12.2 Å². The van der Waals surface area contributed by atoms with E-state index in [4.69, 9.17) is 0 Å². The summed E-state index contributed by atoms with van der Waals surface area (Å²) in [6.07, 6.45) is 9.25. The second kappa shape index (κ2) is 6.07. The fraction of sp³-hybridized carbons (Fsp3) is 0.882. The lowest BCUT2D eigenvalue weighted by Crippen LogP contribution is -2.52. The third-order valence-corrected chi connectivity index (χ3v) is 5.77. The fourth-order valence-corrected chi connectivity index (χ4v) is 4.36. The summed E-state index contributed by atoms with van der Waals surface area (Å²) in [5.74, 6) is 0.619. The fourth-order valence-electron chi connectivity index (χ4n) is 4.36. The maximum atomic E-state index is 12.5. The first-order chi connectivity index (χ1) is 10.1. The smallest absolute Gasteiger partial charge is 0.229 e. The molecule has 0 radical (unpaired) electrons. The number of hydrogen-bond acceptors (Lipinski definition) is 3. The summed E-state index contributed by atoms with van der Waals surface area (Å²) in [7, 11) is 0. The summed E-state index contributed by atoms with van der Waals surface area (Å²) in [5.41, 5.74) is 0.0161. The molecule has 2 aliphatic heterocycles. The summed E-state index contributed by atoms with van der Waals surface area (Å²) < 4.78 is 0. The number of nitrogens with zero attached hydrogens (tertiary/aromatic N) is 1. The van der Waals surface area contributed by atoms with Crippen LogP contribution in [0, 0.1) is 11.3 Å². The molecular formula is C17H28N2O2. The van der Waals surface area contributed by atoms with Crippen LogP contribution < -0.4 is 5.32 Å². The van der Waals surface area contributed by atoms with Crippen LogP contribution in [0.1, 0.15) is 64.7 Å². The Hall–Kier alpha value is -0.900. The molecule has 2 atom stereocenters. The molecular weight excluding hydrogens is 264 g/mol. The Kier molecular flexibility index (Phi) is 4.34. The van der Waals surface area contributed by atoms with Gasteiger partial charge in [-0.2, -0.15) is 0 Å². The summed E-state index contributed by atoms with van der Waals surface area (Å²) >= 11 is 0.